The van der Waals surface area contributed by atoms with Crippen LogP contribution in [0.25, 0.3) is 0 Å². The Kier molecular flexibility index (Phi) is 5.83. The Morgan fingerprint density at radius 1 is 1.04 bits per heavy atom. The molecule has 0 aliphatic heterocycles. The van der Waals surface area contributed by atoms with Crippen LogP contribution < -0.4 is 20.5 Å². The summed E-state index contributed by atoms with van der Waals surface area (Å²) in [5, 5.41) is 2.46. The number of carbonyl (C=O) groups is 2. The van der Waals surface area contributed by atoms with E-state index in [1.807, 2.05) is 0 Å². The first kappa shape index (κ1) is 19.3. The average molecular weight is 377 g/mol. The number of benzene rings is 2. The van der Waals surface area contributed by atoms with Gasteiger partial charge < -0.3 is 15.8 Å². The molecule has 9 heteroatoms. The molecule has 0 bridgehead atoms. The van der Waals surface area contributed by atoms with Crippen LogP contribution in [-0.2, 0) is 14.8 Å². The molecule has 2 amide bonds. The minimum Gasteiger partial charge on any atom is -0.481 e. The van der Waals surface area contributed by atoms with Crippen molar-refractivity contribution in [3.05, 3.63) is 54.1 Å². The van der Waals surface area contributed by atoms with Gasteiger partial charge in [0.2, 0.25) is 5.91 Å². The molecular weight excluding hydrogens is 358 g/mol. The summed E-state index contributed by atoms with van der Waals surface area (Å²) in [4.78, 5) is 22.5. The zero-order valence-corrected chi connectivity index (χ0v) is 15.0. The standard InChI is InChI=1S/C17H19N3O5S/c1-11(17(22)19-2)25-14-7-9-15(10-8-14)26(23,24)20-13-5-3-12(4-6-13)16(18)21/h3-11,20H,1-2H3,(H2,18,21)(H,19,22)/t11-/m0/s1. The summed E-state index contributed by atoms with van der Waals surface area (Å²) >= 11 is 0. The molecule has 2 aromatic carbocycles. The number of rotatable bonds is 7. The van der Waals surface area contributed by atoms with E-state index in [0.717, 1.165) is 0 Å². The number of hydrogen-bond acceptors (Lipinski definition) is 5. The number of ether oxygens (including phenoxy) is 1. The van der Waals surface area contributed by atoms with Crippen molar-refractivity contribution in [2.45, 2.75) is 17.9 Å². The highest BCUT2D eigenvalue weighted by Crippen LogP contribution is 2.20. The zero-order valence-electron chi connectivity index (χ0n) is 14.2. The fraction of sp³-hybridized carbons (Fsp3) is 0.176. The summed E-state index contributed by atoms with van der Waals surface area (Å²) in [5.74, 6) is -0.519. The summed E-state index contributed by atoms with van der Waals surface area (Å²) < 4.78 is 32.6. The Labute approximate surface area is 151 Å². The average Bonchev–Trinajstić information content (AvgIpc) is 2.61. The van der Waals surface area contributed by atoms with Crippen LogP contribution >= 0.6 is 0 Å². The monoisotopic (exact) mass is 377 g/mol. The third kappa shape index (κ3) is 4.73. The van der Waals surface area contributed by atoms with Crippen LogP contribution in [0.5, 0.6) is 5.75 Å². The minimum atomic E-state index is -3.81. The van der Waals surface area contributed by atoms with Gasteiger partial charge >= 0.3 is 0 Å². The zero-order chi connectivity index (χ0) is 19.3. The van der Waals surface area contributed by atoms with Crippen molar-refractivity contribution in [3.63, 3.8) is 0 Å². The number of nitrogens with one attached hydrogen (secondary N) is 2. The van der Waals surface area contributed by atoms with Gasteiger partial charge in [0.05, 0.1) is 4.90 Å². The highest BCUT2D eigenvalue weighted by molar-refractivity contribution is 7.92. The Balaban J connectivity index is 2.11. The smallest absolute Gasteiger partial charge is 0.261 e. The maximum absolute atomic E-state index is 12.4. The van der Waals surface area contributed by atoms with Crippen molar-refractivity contribution in [3.8, 4) is 5.75 Å². The molecule has 0 aliphatic rings. The van der Waals surface area contributed by atoms with Gasteiger partial charge in [0, 0.05) is 18.3 Å². The van der Waals surface area contributed by atoms with Gasteiger partial charge in [-0.05, 0) is 55.5 Å². The number of primary amides is 1. The van der Waals surface area contributed by atoms with Crippen LogP contribution in [0.15, 0.2) is 53.4 Å². The molecule has 2 rings (SSSR count). The fourth-order valence-corrected chi connectivity index (χ4v) is 3.13. The molecule has 4 N–H and O–H groups in total. The Morgan fingerprint density at radius 2 is 1.62 bits per heavy atom. The van der Waals surface area contributed by atoms with E-state index in [2.05, 4.69) is 10.0 Å². The lowest BCUT2D eigenvalue weighted by molar-refractivity contribution is -0.126. The molecule has 8 nitrogen and oxygen atoms in total. The minimum absolute atomic E-state index is 0.0245. The van der Waals surface area contributed by atoms with Gasteiger partial charge in [-0.1, -0.05) is 0 Å². The van der Waals surface area contributed by atoms with Crippen molar-refractivity contribution < 1.29 is 22.7 Å². The summed E-state index contributed by atoms with van der Waals surface area (Å²) in [6.07, 6.45) is -0.704. The summed E-state index contributed by atoms with van der Waals surface area (Å²) in [7, 11) is -2.31. The third-order valence-electron chi connectivity index (χ3n) is 3.48. The molecule has 0 saturated heterocycles. The van der Waals surface area contributed by atoms with Crippen LogP contribution in [0.3, 0.4) is 0 Å². The van der Waals surface area contributed by atoms with Crippen LogP contribution in [0, 0.1) is 0 Å². The van der Waals surface area contributed by atoms with E-state index in [4.69, 9.17) is 10.5 Å². The molecule has 138 valence electrons. The largest absolute Gasteiger partial charge is 0.481 e. The third-order valence-corrected chi connectivity index (χ3v) is 4.88. The van der Waals surface area contributed by atoms with E-state index in [1.54, 1.807) is 6.92 Å². The van der Waals surface area contributed by atoms with Gasteiger partial charge in [0.15, 0.2) is 6.10 Å². The maximum Gasteiger partial charge on any atom is 0.261 e. The van der Waals surface area contributed by atoms with E-state index in [0.29, 0.717) is 11.4 Å². The molecule has 0 aromatic heterocycles. The fourth-order valence-electron chi connectivity index (χ4n) is 2.07. The molecule has 1 atom stereocenters. The van der Waals surface area contributed by atoms with Gasteiger partial charge in [-0.25, -0.2) is 8.42 Å². The number of hydrogen-bond donors (Lipinski definition) is 3. The second kappa shape index (κ2) is 7.87. The number of sulfonamides is 1. The highest BCUT2D eigenvalue weighted by Gasteiger charge is 2.16. The quantitative estimate of drug-likeness (QED) is 0.666. The van der Waals surface area contributed by atoms with E-state index in [9.17, 15) is 18.0 Å². The number of nitrogens with two attached hydrogens (primary N) is 1. The SMILES string of the molecule is CNC(=O)[C@H](C)Oc1ccc(S(=O)(=O)Nc2ccc(C(N)=O)cc2)cc1. The first-order valence-electron chi connectivity index (χ1n) is 7.64. The van der Waals surface area contributed by atoms with Crippen LogP contribution in [0.2, 0.25) is 0 Å². The normalized spacial score (nSPS) is 12.1. The molecule has 0 spiro atoms. The van der Waals surface area contributed by atoms with Crippen molar-refractivity contribution >= 4 is 27.5 Å². The van der Waals surface area contributed by atoms with Crippen molar-refractivity contribution in [1.82, 2.24) is 5.32 Å². The highest BCUT2D eigenvalue weighted by atomic mass is 32.2. The predicted molar refractivity (Wildman–Crippen MR) is 96.4 cm³/mol. The molecule has 0 unspecified atom stereocenters. The van der Waals surface area contributed by atoms with Crippen molar-refractivity contribution in [2.24, 2.45) is 5.73 Å². The Hall–Kier alpha value is -3.07. The van der Waals surface area contributed by atoms with Crippen molar-refractivity contribution in [2.75, 3.05) is 11.8 Å². The summed E-state index contributed by atoms with van der Waals surface area (Å²) in [5.41, 5.74) is 5.72. The lowest BCUT2D eigenvalue weighted by atomic mass is 10.2. The Morgan fingerprint density at radius 3 is 2.12 bits per heavy atom. The summed E-state index contributed by atoms with van der Waals surface area (Å²) in [6.45, 7) is 1.58. The topological polar surface area (TPSA) is 128 Å². The summed E-state index contributed by atoms with van der Waals surface area (Å²) in [6, 6.07) is 11.4. The van der Waals surface area contributed by atoms with Gasteiger partial charge in [-0.15, -0.1) is 0 Å². The second-order valence-electron chi connectivity index (χ2n) is 5.39. The van der Waals surface area contributed by atoms with Gasteiger partial charge in [-0.2, -0.15) is 0 Å². The molecule has 0 heterocycles. The predicted octanol–water partition coefficient (Wildman–Crippen LogP) is 1.10. The van der Waals surface area contributed by atoms with Crippen LogP contribution in [0.4, 0.5) is 5.69 Å². The molecular formula is C17H19N3O5S. The van der Waals surface area contributed by atoms with Gasteiger partial charge in [0.1, 0.15) is 5.75 Å². The van der Waals surface area contributed by atoms with Crippen LogP contribution in [-0.4, -0.2) is 33.4 Å². The molecule has 0 saturated carbocycles. The Bertz CT molecular complexity index is 893. The first-order chi connectivity index (χ1) is 12.2. The molecule has 2 aromatic rings. The van der Waals surface area contributed by atoms with Crippen LogP contribution in [0.1, 0.15) is 17.3 Å². The van der Waals surface area contributed by atoms with Gasteiger partial charge in [-0.3, -0.25) is 14.3 Å². The molecule has 0 radical (unpaired) electrons. The van der Waals surface area contributed by atoms with E-state index in [-0.39, 0.29) is 16.4 Å². The van der Waals surface area contributed by atoms with E-state index < -0.39 is 22.0 Å². The number of likely N-dealkylation sites (N-methyl/N-ethyl adjacent to an activating group) is 1. The second-order valence-corrected chi connectivity index (χ2v) is 7.08. The van der Waals surface area contributed by atoms with Gasteiger partial charge in [0.25, 0.3) is 15.9 Å². The number of amides is 2. The van der Waals surface area contributed by atoms with Crippen molar-refractivity contribution in [1.29, 1.82) is 0 Å². The van der Waals surface area contributed by atoms with E-state index in [1.165, 1.54) is 55.6 Å². The number of carbonyl (C=O) groups excluding carboxylic acids is 2. The molecule has 0 fully saturated rings. The number of anilines is 1. The van der Waals surface area contributed by atoms with E-state index >= 15 is 0 Å². The maximum atomic E-state index is 12.4. The molecule has 26 heavy (non-hydrogen) atoms. The first-order valence-corrected chi connectivity index (χ1v) is 9.12. The lowest BCUT2D eigenvalue weighted by Gasteiger charge is -2.13. The molecule has 0 aliphatic carbocycles. The lowest BCUT2D eigenvalue weighted by Crippen LogP contribution is -2.33.